The average molecular weight is 402 g/mol. The van der Waals surface area contributed by atoms with Crippen LogP contribution < -0.4 is 10.6 Å². The summed E-state index contributed by atoms with van der Waals surface area (Å²) in [7, 11) is 0. The average Bonchev–Trinajstić information content (AvgIpc) is 3.33. The van der Waals surface area contributed by atoms with Crippen molar-refractivity contribution in [3.05, 3.63) is 84.5 Å². The molecule has 0 saturated carbocycles. The molecule has 3 aromatic rings. The molecule has 6 nitrogen and oxygen atoms in total. The van der Waals surface area contributed by atoms with Gasteiger partial charge in [0.2, 0.25) is 0 Å². The summed E-state index contributed by atoms with van der Waals surface area (Å²) in [5, 5.41) is 11.4. The molecule has 1 fully saturated rings. The minimum atomic E-state index is -0.268. The monoisotopic (exact) mass is 402 g/mol. The van der Waals surface area contributed by atoms with Crippen LogP contribution in [0.1, 0.15) is 19.8 Å². The maximum Gasteiger partial charge on any atom is 0.177 e. The Morgan fingerprint density at radius 3 is 2.90 bits per heavy atom. The lowest BCUT2D eigenvalue weighted by molar-refractivity contribution is 0.349. The van der Waals surface area contributed by atoms with Crippen LogP contribution in [0.2, 0.25) is 0 Å². The minimum Gasteiger partial charge on any atom is -0.368 e. The van der Waals surface area contributed by atoms with Crippen molar-refractivity contribution in [2.45, 2.75) is 25.8 Å². The molecule has 2 aromatic heterocycles. The molecule has 0 amide bonds. The lowest BCUT2D eigenvalue weighted by atomic mass is 10.1. The molecule has 1 unspecified atom stereocenters. The summed E-state index contributed by atoms with van der Waals surface area (Å²) in [6.45, 7) is 3.35. The Morgan fingerprint density at radius 2 is 2.10 bits per heavy atom. The molecular weight excluding hydrogens is 379 g/mol. The molecule has 0 radical (unpaired) electrons. The number of imidazole rings is 1. The van der Waals surface area contributed by atoms with Crippen LogP contribution in [0, 0.1) is 5.82 Å². The fourth-order valence-corrected chi connectivity index (χ4v) is 3.98. The topological polar surface area (TPSA) is 57.5 Å². The van der Waals surface area contributed by atoms with E-state index in [1.807, 2.05) is 24.4 Å². The first kappa shape index (κ1) is 18.4. The lowest BCUT2D eigenvalue weighted by Crippen LogP contribution is -2.26. The Bertz CT molecular complexity index is 1160. The van der Waals surface area contributed by atoms with Gasteiger partial charge in [-0.15, -0.1) is 0 Å². The normalized spacial score (nSPS) is 18.7. The van der Waals surface area contributed by atoms with Crippen LogP contribution in [0.15, 0.2) is 78.7 Å². The van der Waals surface area contributed by atoms with Gasteiger partial charge >= 0.3 is 0 Å². The number of benzene rings is 1. The van der Waals surface area contributed by atoms with Gasteiger partial charge in [0, 0.05) is 36.7 Å². The predicted octanol–water partition coefficient (Wildman–Crippen LogP) is 4.27. The summed E-state index contributed by atoms with van der Waals surface area (Å²) in [5.74, 6) is 0.574. The Balaban J connectivity index is 1.43. The summed E-state index contributed by atoms with van der Waals surface area (Å²) in [4.78, 5) is 6.85. The van der Waals surface area contributed by atoms with Gasteiger partial charge in [-0.1, -0.05) is 6.08 Å². The molecule has 2 aliphatic rings. The van der Waals surface area contributed by atoms with E-state index in [2.05, 4.69) is 38.6 Å². The van der Waals surface area contributed by atoms with Gasteiger partial charge in [-0.3, -0.25) is 0 Å². The van der Waals surface area contributed by atoms with Crippen molar-refractivity contribution >= 4 is 11.3 Å². The first-order valence-electron chi connectivity index (χ1n) is 10.2. The van der Waals surface area contributed by atoms with Crippen molar-refractivity contribution in [1.29, 1.82) is 0 Å². The standard InChI is InChI=1S/C23H23FN6/c1-16-4-3-12-29(16)19-5-2-6-22(26-15-19)27-21-14-20(17-7-9-18(24)10-8-17)28-30-13-11-25-23(21)30/h2,5-11,13-16,26-27H,3-4,12H2,1H3. The molecule has 2 N–H and O–H groups in total. The van der Waals surface area contributed by atoms with Gasteiger partial charge in [0.15, 0.2) is 5.65 Å². The predicted molar refractivity (Wildman–Crippen MR) is 116 cm³/mol. The molecule has 2 aliphatic heterocycles. The molecule has 30 heavy (non-hydrogen) atoms. The Morgan fingerprint density at radius 1 is 1.23 bits per heavy atom. The third-order valence-corrected chi connectivity index (χ3v) is 5.56. The van der Waals surface area contributed by atoms with Crippen LogP contribution in [0.25, 0.3) is 16.9 Å². The zero-order chi connectivity index (χ0) is 20.5. The summed E-state index contributed by atoms with van der Waals surface area (Å²) < 4.78 is 15.0. The highest BCUT2D eigenvalue weighted by Gasteiger charge is 2.21. The van der Waals surface area contributed by atoms with Crippen molar-refractivity contribution in [2.75, 3.05) is 11.9 Å². The van der Waals surface area contributed by atoms with E-state index in [9.17, 15) is 4.39 Å². The molecule has 0 aliphatic carbocycles. The third-order valence-electron chi connectivity index (χ3n) is 5.56. The van der Waals surface area contributed by atoms with E-state index in [0.717, 1.165) is 29.3 Å². The van der Waals surface area contributed by atoms with E-state index in [1.54, 1.807) is 29.0 Å². The smallest absolute Gasteiger partial charge is 0.177 e. The van der Waals surface area contributed by atoms with Gasteiger partial charge < -0.3 is 15.5 Å². The fourth-order valence-electron chi connectivity index (χ4n) is 3.98. The molecule has 1 saturated heterocycles. The second kappa shape index (κ2) is 7.67. The maximum atomic E-state index is 13.3. The number of nitrogens with one attached hydrogen (secondary N) is 2. The lowest BCUT2D eigenvalue weighted by Gasteiger charge is -2.24. The fraction of sp³-hybridized carbons (Fsp3) is 0.217. The van der Waals surface area contributed by atoms with Crippen LogP contribution >= 0.6 is 0 Å². The zero-order valence-corrected chi connectivity index (χ0v) is 16.7. The molecule has 1 atom stereocenters. The van der Waals surface area contributed by atoms with E-state index in [1.165, 1.54) is 30.7 Å². The van der Waals surface area contributed by atoms with Crippen LogP contribution in [-0.4, -0.2) is 32.1 Å². The number of rotatable bonds is 4. The van der Waals surface area contributed by atoms with Crippen LogP contribution in [0.3, 0.4) is 0 Å². The van der Waals surface area contributed by atoms with Crippen molar-refractivity contribution < 1.29 is 4.39 Å². The quantitative estimate of drug-likeness (QED) is 0.682. The minimum absolute atomic E-state index is 0.268. The first-order chi connectivity index (χ1) is 14.7. The molecule has 4 heterocycles. The molecule has 152 valence electrons. The molecule has 1 aromatic carbocycles. The highest BCUT2D eigenvalue weighted by Crippen LogP contribution is 2.26. The third kappa shape index (κ3) is 3.54. The van der Waals surface area contributed by atoms with Gasteiger partial charge in [-0.25, -0.2) is 13.9 Å². The number of aromatic nitrogens is 3. The largest absolute Gasteiger partial charge is 0.368 e. The Kier molecular flexibility index (Phi) is 4.71. The van der Waals surface area contributed by atoms with Crippen molar-refractivity contribution in [2.24, 2.45) is 0 Å². The Labute approximate surface area is 174 Å². The van der Waals surface area contributed by atoms with Crippen molar-refractivity contribution in [3.63, 3.8) is 0 Å². The van der Waals surface area contributed by atoms with Crippen LogP contribution in [0.4, 0.5) is 10.1 Å². The SMILES string of the molecule is CC1CCCN1C1=CNC(Nc2cc(-c3ccc(F)cc3)nn3ccnc23)=CC=C1. The number of halogens is 1. The molecule has 0 bridgehead atoms. The highest BCUT2D eigenvalue weighted by molar-refractivity contribution is 5.75. The van der Waals surface area contributed by atoms with E-state index in [4.69, 9.17) is 0 Å². The van der Waals surface area contributed by atoms with Gasteiger partial charge in [-0.2, -0.15) is 5.10 Å². The van der Waals surface area contributed by atoms with Crippen LogP contribution in [0.5, 0.6) is 0 Å². The summed E-state index contributed by atoms with van der Waals surface area (Å²) in [5.41, 5.74) is 4.28. The number of anilines is 1. The molecule has 7 heteroatoms. The van der Waals surface area contributed by atoms with Crippen LogP contribution in [-0.2, 0) is 0 Å². The number of nitrogens with zero attached hydrogens (tertiary/aromatic N) is 4. The molecule has 5 rings (SSSR count). The van der Waals surface area contributed by atoms with E-state index < -0.39 is 0 Å². The summed E-state index contributed by atoms with van der Waals surface area (Å²) in [6, 6.07) is 8.81. The summed E-state index contributed by atoms with van der Waals surface area (Å²) in [6.07, 6.45) is 14.2. The molecular formula is C23H23FN6. The van der Waals surface area contributed by atoms with E-state index in [-0.39, 0.29) is 5.82 Å². The zero-order valence-electron chi connectivity index (χ0n) is 16.7. The van der Waals surface area contributed by atoms with Gasteiger partial charge in [-0.05, 0) is 62.2 Å². The second-order valence-electron chi connectivity index (χ2n) is 7.61. The second-order valence-corrected chi connectivity index (χ2v) is 7.61. The van der Waals surface area contributed by atoms with Gasteiger partial charge in [0.1, 0.15) is 11.6 Å². The maximum absolute atomic E-state index is 13.3. The number of hydrogen-bond acceptors (Lipinski definition) is 5. The number of hydrogen-bond donors (Lipinski definition) is 2. The van der Waals surface area contributed by atoms with Gasteiger partial charge in [0.25, 0.3) is 0 Å². The molecule has 0 spiro atoms. The summed E-state index contributed by atoms with van der Waals surface area (Å²) >= 11 is 0. The van der Waals surface area contributed by atoms with Crippen molar-refractivity contribution in [3.8, 4) is 11.3 Å². The number of likely N-dealkylation sites (tertiary alicyclic amines) is 1. The number of fused-ring (bicyclic) bond motifs is 1. The van der Waals surface area contributed by atoms with E-state index in [0.29, 0.717) is 11.7 Å². The van der Waals surface area contributed by atoms with Crippen molar-refractivity contribution in [1.82, 2.24) is 24.8 Å². The number of allylic oxidation sites excluding steroid dienone is 3. The Hall–Kier alpha value is -3.61. The first-order valence-corrected chi connectivity index (χ1v) is 10.2. The van der Waals surface area contributed by atoms with Gasteiger partial charge in [0.05, 0.1) is 17.1 Å². The van der Waals surface area contributed by atoms with E-state index >= 15 is 0 Å². The highest BCUT2D eigenvalue weighted by atomic mass is 19.1.